The Kier molecular flexibility index (Phi) is 5.61. The van der Waals surface area contributed by atoms with Gasteiger partial charge in [0.05, 0.1) is 11.6 Å². The number of fused-ring (bicyclic) bond motifs is 1. The minimum Gasteiger partial charge on any atom is -0.365 e. The highest BCUT2D eigenvalue weighted by Gasteiger charge is 2.29. The second-order valence-corrected chi connectivity index (χ2v) is 10.2. The largest absolute Gasteiger partial charge is 0.365 e. The standard InChI is InChI=1S/C21H18ClN3O2S2/c22-18-4-1-3-16(10-18)13-25-14-19(24-29(26,27)21-5-2-8-28-21)11-17-9-15(12-23)6-7-20(17)25/h1-10,19,24H,11,13-14H2. The first-order valence-electron chi connectivity index (χ1n) is 9.03. The van der Waals surface area contributed by atoms with Crippen LogP contribution in [-0.2, 0) is 23.0 Å². The maximum atomic E-state index is 12.7. The van der Waals surface area contributed by atoms with Crippen molar-refractivity contribution in [1.29, 1.82) is 5.26 Å². The molecule has 0 bridgehead atoms. The van der Waals surface area contributed by atoms with Gasteiger partial charge in [0.1, 0.15) is 4.21 Å². The fourth-order valence-electron chi connectivity index (χ4n) is 3.60. The Hall–Kier alpha value is -2.37. The molecular formula is C21H18ClN3O2S2. The van der Waals surface area contributed by atoms with Crippen molar-refractivity contribution in [2.75, 3.05) is 11.4 Å². The molecule has 8 heteroatoms. The van der Waals surface area contributed by atoms with Crippen LogP contribution in [0.15, 0.2) is 64.2 Å². The smallest absolute Gasteiger partial charge is 0.250 e. The molecule has 0 saturated carbocycles. The van der Waals surface area contributed by atoms with E-state index in [2.05, 4.69) is 15.7 Å². The maximum Gasteiger partial charge on any atom is 0.250 e. The first-order valence-corrected chi connectivity index (χ1v) is 11.8. The van der Waals surface area contributed by atoms with Crippen molar-refractivity contribution in [2.45, 2.75) is 23.2 Å². The molecule has 1 N–H and O–H groups in total. The van der Waals surface area contributed by atoms with E-state index in [1.54, 1.807) is 23.6 Å². The molecule has 0 fully saturated rings. The molecule has 1 unspecified atom stereocenters. The normalized spacial score (nSPS) is 16.3. The zero-order chi connectivity index (χ0) is 20.4. The van der Waals surface area contributed by atoms with Gasteiger partial charge in [-0.3, -0.25) is 0 Å². The molecule has 1 aliphatic heterocycles. The average Bonchev–Trinajstić information content (AvgIpc) is 3.23. The van der Waals surface area contributed by atoms with E-state index < -0.39 is 10.0 Å². The predicted molar refractivity (Wildman–Crippen MR) is 116 cm³/mol. The van der Waals surface area contributed by atoms with Crippen LogP contribution in [0, 0.1) is 11.3 Å². The summed E-state index contributed by atoms with van der Waals surface area (Å²) in [5.74, 6) is 0. The number of benzene rings is 2. The molecule has 1 atom stereocenters. The van der Waals surface area contributed by atoms with E-state index in [4.69, 9.17) is 11.6 Å². The lowest BCUT2D eigenvalue weighted by molar-refractivity contribution is 0.526. The summed E-state index contributed by atoms with van der Waals surface area (Å²) in [6, 6.07) is 18.4. The molecule has 0 amide bonds. The summed E-state index contributed by atoms with van der Waals surface area (Å²) in [7, 11) is -3.58. The van der Waals surface area contributed by atoms with Gasteiger partial charge < -0.3 is 4.90 Å². The molecule has 0 saturated heterocycles. The molecule has 0 spiro atoms. The van der Waals surface area contributed by atoms with Crippen LogP contribution in [0.5, 0.6) is 0 Å². The van der Waals surface area contributed by atoms with Crippen LogP contribution in [-0.4, -0.2) is 21.0 Å². The summed E-state index contributed by atoms with van der Waals surface area (Å²) < 4.78 is 28.6. The number of sulfonamides is 1. The van der Waals surface area contributed by atoms with Gasteiger partial charge in [0.15, 0.2) is 0 Å². The first-order chi connectivity index (χ1) is 13.9. The third-order valence-electron chi connectivity index (χ3n) is 4.80. The molecule has 0 radical (unpaired) electrons. The van der Waals surface area contributed by atoms with Crippen molar-refractivity contribution < 1.29 is 8.42 Å². The number of halogens is 1. The summed E-state index contributed by atoms with van der Waals surface area (Å²) in [5.41, 5.74) is 3.56. The lowest BCUT2D eigenvalue weighted by atomic mass is 9.96. The van der Waals surface area contributed by atoms with E-state index in [0.717, 1.165) is 16.8 Å². The summed E-state index contributed by atoms with van der Waals surface area (Å²) in [5, 5.41) is 11.7. The van der Waals surface area contributed by atoms with Gasteiger partial charge in [0.25, 0.3) is 0 Å². The van der Waals surface area contributed by atoms with Crippen LogP contribution in [0.3, 0.4) is 0 Å². The highest BCUT2D eigenvalue weighted by Crippen LogP contribution is 2.30. The van der Waals surface area contributed by atoms with Crippen molar-refractivity contribution in [3.05, 3.63) is 81.7 Å². The van der Waals surface area contributed by atoms with Gasteiger partial charge in [-0.15, -0.1) is 11.3 Å². The van der Waals surface area contributed by atoms with Gasteiger partial charge in [0.2, 0.25) is 10.0 Å². The van der Waals surface area contributed by atoms with Crippen LogP contribution in [0.1, 0.15) is 16.7 Å². The third-order valence-corrected chi connectivity index (χ3v) is 7.95. The quantitative estimate of drug-likeness (QED) is 0.641. The molecule has 1 aliphatic rings. The monoisotopic (exact) mass is 443 g/mol. The number of nitrogens with zero attached hydrogens (tertiary/aromatic N) is 2. The van der Waals surface area contributed by atoms with Crippen LogP contribution >= 0.6 is 22.9 Å². The molecule has 3 aromatic rings. The number of nitrogens with one attached hydrogen (secondary N) is 1. The van der Waals surface area contributed by atoms with Crippen LogP contribution in [0.4, 0.5) is 5.69 Å². The topological polar surface area (TPSA) is 73.2 Å². The Balaban J connectivity index is 1.65. The number of rotatable bonds is 5. The van der Waals surface area contributed by atoms with Crippen LogP contribution in [0.25, 0.3) is 0 Å². The zero-order valence-electron chi connectivity index (χ0n) is 15.4. The number of thiophene rings is 1. The highest BCUT2D eigenvalue weighted by molar-refractivity contribution is 7.91. The SMILES string of the molecule is N#Cc1ccc2c(c1)CC(NS(=O)(=O)c1cccs1)CN2Cc1cccc(Cl)c1. The fourth-order valence-corrected chi connectivity index (χ4v) is 6.05. The molecule has 5 nitrogen and oxygen atoms in total. The summed E-state index contributed by atoms with van der Waals surface area (Å²) >= 11 is 7.32. The molecule has 2 aromatic carbocycles. The molecule has 29 heavy (non-hydrogen) atoms. The Morgan fingerprint density at radius 1 is 1.21 bits per heavy atom. The highest BCUT2D eigenvalue weighted by atomic mass is 35.5. The van der Waals surface area contributed by atoms with Crippen molar-refractivity contribution in [3.63, 3.8) is 0 Å². The Bertz CT molecular complexity index is 1170. The second kappa shape index (κ2) is 8.17. The number of hydrogen-bond donors (Lipinski definition) is 1. The zero-order valence-corrected chi connectivity index (χ0v) is 17.8. The van der Waals surface area contributed by atoms with E-state index in [1.807, 2.05) is 36.4 Å². The minimum absolute atomic E-state index is 0.301. The molecule has 148 valence electrons. The Labute approximate surface area is 179 Å². The molecular weight excluding hydrogens is 426 g/mol. The number of hydrogen-bond acceptors (Lipinski definition) is 5. The maximum absolute atomic E-state index is 12.7. The molecule has 0 aliphatic carbocycles. The first kappa shape index (κ1) is 19.9. The van der Waals surface area contributed by atoms with E-state index in [9.17, 15) is 13.7 Å². The average molecular weight is 444 g/mol. The van der Waals surface area contributed by atoms with Crippen LogP contribution < -0.4 is 9.62 Å². The van der Waals surface area contributed by atoms with E-state index in [0.29, 0.717) is 34.3 Å². The van der Waals surface area contributed by atoms with Gasteiger partial charge in [-0.05, 0) is 59.3 Å². The summed E-state index contributed by atoms with van der Waals surface area (Å²) in [4.78, 5) is 2.13. The van der Waals surface area contributed by atoms with Crippen molar-refractivity contribution in [2.24, 2.45) is 0 Å². The minimum atomic E-state index is -3.58. The van der Waals surface area contributed by atoms with E-state index in [-0.39, 0.29) is 6.04 Å². The van der Waals surface area contributed by atoms with Gasteiger partial charge in [-0.2, -0.15) is 5.26 Å². The van der Waals surface area contributed by atoms with Gasteiger partial charge in [-0.1, -0.05) is 29.8 Å². The van der Waals surface area contributed by atoms with Crippen molar-refractivity contribution in [3.8, 4) is 6.07 Å². The van der Waals surface area contributed by atoms with Crippen LogP contribution in [0.2, 0.25) is 5.02 Å². The summed E-state index contributed by atoms with van der Waals surface area (Å²) in [6.45, 7) is 1.12. The molecule has 2 heterocycles. The lowest BCUT2D eigenvalue weighted by Gasteiger charge is -2.36. The summed E-state index contributed by atoms with van der Waals surface area (Å²) in [6.07, 6.45) is 0.529. The van der Waals surface area contributed by atoms with E-state index >= 15 is 0 Å². The number of anilines is 1. The number of nitriles is 1. The van der Waals surface area contributed by atoms with Gasteiger partial charge in [0, 0.05) is 29.8 Å². The Morgan fingerprint density at radius 2 is 2.07 bits per heavy atom. The lowest BCUT2D eigenvalue weighted by Crippen LogP contribution is -2.47. The molecule has 4 rings (SSSR count). The van der Waals surface area contributed by atoms with Gasteiger partial charge >= 0.3 is 0 Å². The van der Waals surface area contributed by atoms with Crippen molar-refractivity contribution >= 4 is 38.6 Å². The fraction of sp³-hybridized carbons (Fsp3) is 0.190. The van der Waals surface area contributed by atoms with Gasteiger partial charge in [-0.25, -0.2) is 13.1 Å². The Morgan fingerprint density at radius 3 is 2.79 bits per heavy atom. The van der Waals surface area contributed by atoms with Crippen molar-refractivity contribution in [1.82, 2.24) is 4.72 Å². The predicted octanol–water partition coefficient (Wildman–Crippen LogP) is 4.18. The molecule has 1 aromatic heterocycles. The van der Waals surface area contributed by atoms with E-state index in [1.165, 1.54) is 11.3 Å². The third kappa shape index (κ3) is 4.46. The second-order valence-electron chi connectivity index (χ2n) is 6.92.